The molecule has 9 rings (SSSR count). The average Bonchev–Trinajstić information content (AvgIpc) is 4.28. The largest absolute Gasteiger partial charge is 0.465 e. The lowest BCUT2D eigenvalue weighted by molar-refractivity contribution is 0.0555. The molecule has 5 heterocycles. The third kappa shape index (κ3) is 7.99. The second-order valence-electron chi connectivity index (χ2n) is 15.9. The summed E-state index contributed by atoms with van der Waals surface area (Å²) in [6.45, 7) is 0. The maximum absolute atomic E-state index is 16.2. The molecule has 2 aliphatic heterocycles. The number of ether oxygens (including phenoxy) is 4. The van der Waals surface area contributed by atoms with Gasteiger partial charge in [-0.1, -0.05) is 12.1 Å². The average molecular weight is 1030 g/mol. The Kier molecular flexibility index (Phi) is 12.8. The van der Waals surface area contributed by atoms with E-state index in [1.807, 2.05) is 0 Å². The smallest absolute Gasteiger partial charge is 0.338 e. The zero-order valence-electron chi connectivity index (χ0n) is 38.0. The van der Waals surface area contributed by atoms with Crippen LogP contribution < -0.4 is 0 Å². The van der Waals surface area contributed by atoms with E-state index in [9.17, 15) is 28.0 Å². The van der Waals surface area contributed by atoms with Crippen molar-refractivity contribution in [3.05, 3.63) is 164 Å². The fourth-order valence-electron chi connectivity index (χ4n) is 8.52. The van der Waals surface area contributed by atoms with Crippen molar-refractivity contribution >= 4 is 70.2 Å². The molecule has 0 saturated heterocycles. The van der Waals surface area contributed by atoms with Gasteiger partial charge in [0.1, 0.15) is 0 Å². The lowest BCUT2D eigenvalue weighted by Crippen LogP contribution is -2.12. The molecule has 4 aromatic carbocycles. The van der Waals surface area contributed by atoms with Crippen molar-refractivity contribution < 1.29 is 82.0 Å². The maximum Gasteiger partial charge on any atom is 0.338 e. The summed E-state index contributed by atoms with van der Waals surface area (Å²) < 4.78 is 174. The number of aromatic amines is 2. The van der Waals surface area contributed by atoms with Gasteiger partial charge in [-0.15, -0.1) is 0 Å². The van der Waals surface area contributed by atoms with Gasteiger partial charge in [-0.2, -0.15) is 0 Å². The fraction of sp³-hybridized carbons (Fsp3) is 0.0769. The van der Waals surface area contributed by atoms with E-state index < -0.39 is 138 Å². The highest BCUT2D eigenvalue weighted by Crippen LogP contribution is 2.43. The highest BCUT2D eigenvalue weighted by atomic mass is 19.2. The predicted octanol–water partition coefficient (Wildman–Crippen LogP) is 11.9. The third-order valence-corrected chi connectivity index (χ3v) is 11.9. The summed E-state index contributed by atoms with van der Waals surface area (Å²) in [5.41, 5.74) is -8.59. The summed E-state index contributed by atoms with van der Waals surface area (Å²) in [5.74, 6) is -27.5. The number of methoxy groups -OCH3 is 4. The summed E-state index contributed by atoms with van der Waals surface area (Å²) in [6, 6.07) is 11.9. The zero-order chi connectivity index (χ0) is 53.2. The van der Waals surface area contributed by atoms with Gasteiger partial charge in [0.25, 0.3) is 0 Å². The van der Waals surface area contributed by atoms with E-state index >= 15 is 35.1 Å². The number of hydrogen-bond donors (Lipinski definition) is 2. The molecule has 0 spiro atoms. The molecule has 0 atom stereocenters. The highest BCUT2D eigenvalue weighted by Gasteiger charge is 2.33. The molecule has 374 valence electrons. The Morgan fingerprint density at radius 1 is 0.338 bits per heavy atom. The van der Waals surface area contributed by atoms with E-state index in [1.165, 1.54) is 36.4 Å². The minimum Gasteiger partial charge on any atom is -0.465 e. The van der Waals surface area contributed by atoms with Gasteiger partial charge in [0.2, 0.25) is 11.6 Å². The summed E-state index contributed by atoms with van der Waals surface area (Å²) >= 11 is 0. The van der Waals surface area contributed by atoms with E-state index in [0.29, 0.717) is 0 Å². The molecule has 0 amide bonds. The van der Waals surface area contributed by atoms with Gasteiger partial charge >= 0.3 is 23.9 Å². The molecule has 0 aliphatic carbocycles. The normalized spacial score (nSPS) is 11.8. The molecule has 3 aromatic heterocycles. The van der Waals surface area contributed by atoms with Crippen molar-refractivity contribution in [2.45, 2.75) is 0 Å². The molecule has 0 radical (unpaired) electrons. The molecular formula is C52H28F10N4O8. The Morgan fingerprint density at radius 3 is 0.892 bits per heavy atom. The number of hydrogen-bond acceptors (Lipinski definition) is 10. The second kappa shape index (κ2) is 19.0. The molecule has 8 bridgehead atoms. The molecule has 12 nitrogen and oxygen atoms in total. The molecule has 2 N–H and O–H groups in total. The number of nitrogens with one attached hydrogen (secondary N) is 2. The summed E-state index contributed by atoms with van der Waals surface area (Å²) in [4.78, 5) is 66.9. The van der Waals surface area contributed by atoms with Gasteiger partial charge < -0.3 is 28.9 Å². The first-order valence-electron chi connectivity index (χ1n) is 21.2. The van der Waals surface area contributed by atoms with E-state index in [-0.39, 0.29) is 55.8 Å². The van der Waals surface area contributed by atoms with Crippen LogP contribution in [0.2, 0.25) is 0 Å². The van der Waals surface area contributed by atoms with Crippen LogP contribution in [-0.4, -0.2) is 72.3 Å². The van der Waals surface area contributed by atoms with Gasteiger partial charge in [0.05, 0.1) is 84.6 Å². The number of H-pyrrole nitrogens is 2. The summed E-state index contributed by atoms with van der Waals surface area (Å²) in [5, 5.41) is 0. The monoisotopic (exact) mass is 1030 g/mol. The van der Waals surface area contributed by atoms with Crippen molar-refractivity contribution in [1.29, 1.82) is 0 Å². The molecule has 0 unspecified atom stereocenters. The minimum absolute atomic E-state index is 0.0348. The second-order valence-corrected chi connectivity index (χ2v) is 15.9. The van der Waals surface area contributed by atoms with Crippen LogP contribution in [0.4, 0.5) is 43.9 Å². The lowest BCUT2D eigenvalue weighted by atomic mass is 9.97. The van der Waals surface area contributed by atoms with Gasteiger partial charge in [-0.3, -0.25) is 0 Å². The number of rotatable bonds is 8. The molecule has 2 aliphatic rings. The lowest BCUT2D eigenvalue weighted by Gasteiger charge is -2.12. The Bertz CT molecular complexity index is 3590. The van der Waals surface area contributed by atoms with Crippen LogP contribution in [0.15, 0.2) is 60.7 Å². The maximum atomic E-state index is 16.2. The summed E-state index contributed by atoms with van der Waals surface area (Å²) in [6.07, 6.45) is 4.65. The predicted molar refractivity (Wildman–Crippen MR) is 246 cm³/mol. The van der Waals surface area contributed by atoms with Crippen molar-refractivity contribution in [1.82, 2.24) is 19.9 Å². The van der Waals surface area contributed by atoms with Crippen LogP contribution in [0.5, 0.6) is 0 Å². The Morgan fingerprint density at radius 2 is 0.595 bits per heavy atom. The number of carbonyl (C=O) groups is 4. The number of esters is 4. The molecule has 0 saturated carbocycles. The van der Waals surface area contributed by atoms with E-state index in [4.69, 9.17) is 18.9 Å². The van der Waals surface area contributed by atoms with Gasteiger partial charge in [0, 0.05) is 44.3 Å². The molecule has 22 heteroatoms. The topological polar surface area (TPSA) is 163 Å². The number of halogens is 10. The first kappa shape index (κ1) is 49.6. The van der Waals surface area contributed by atoms with Crippen LogP contribution in [0.1, 0.15) is 64.2 Å². The van der Waals surface area contributed by atoms with Gasteiger partial charge in [-0.05, 0) is 84.0 Å². The van der Waals surface area contributed by atoms with Crippen molar-refractivity contribution in [2.75, 3.05) is 28.4 Å². The van der Waals surface area contributed by atoms with Crippen molar-refractivity contribution in [2.24, 2.45) is 0 Å². The molecule has 7 aromatic rings. The summed E-state index contributed by atoms with van der Waals surface area (Å²) in [7, 11) is 4.06. The van der Waals surface area contributed by atoms with Crippen LogP contribution in [-0.2, 0) is 18.9 Å². The van der Waals surface area contributed by atoms with Crippen LogP contribution in [0.3, 0.4) is 0 Å². The van der Waals surface area contributed by atoms with E-state index in [1.54, 1.807) is 0 Å². The number of fused-ring (bicyclic) bond motifs is 8. The number of nitrogens with zero attached hydrogens (tertiary/aromatic N) is 2. The van der Waals surface area contributed by atoms with Crippen LogP contribution in [0.25, 0.3) is 90.9 Å². The molecular weight excluding hydrogens is 999 g/mol. The van der Waals surface area contributed by atoms with E-state index in [2.05, 4.69) is 19.9 Å². The van der Waals surface area contributed by atoms with Crippen LogP contribution >= 0.6 is 0 Å². The Labute approximate surface area is 408 Å². The number of carbonyl (C=O) groups excluding carboxylic acids is 4. The molecule has 74 heavy (non-hydrogen) atoms. The van der Waals surface area contributed by atoms with Gasteiger partial charge in [0.15, 0.2) is 46.5 Å². The first-order valence-corrected chi connectivity index (χ1v) is 21.2. The quantitative estimate of drug-likeness (QED) is 0.0492. The Balaban J connectivity index is 1.54. The standard InChI is InChI=1S/C52H28F10N4O8/c1-71-49(67)21-7-5-19(17-23(21)51(69)73-3)33-25-9-13-29(63-25)35(37-39(53)43(57)47(61)44(58)40(37)54)31-15-11-27(65-31)34(20-6-8-22(50(68)72-2)24(18-20)52(70)74-4)28-12-16-32(66-28)36(30-14-10-26(33)64-30)38-41(55)45(59)48(62)46(60)42(38)56/h5-18,63,66H,1-4H3. The number of benzene rings is 4. The van der Waals surface area contributed by atoms with Crippen molar-refractivity contribution in [3.8, 4) is 44.5 Å². The fourth-order valence-corrected chi connectivity index (χ4v) is 8.52. The Hall–Kier alpha value is -9.34. The van der Waals surface area contributed by atoms with E-state index in [0.717, 1.165) is 77.0 Å². The number of aromatic nitrogens is 4. The minimum atomic E-state index is -2.48. The third-order valence-electron chi connectivity index (χ3n) is 11.9. The first-order chi connectivity index (χ1) is 35.3. The van der Waals surface area contributed by atoms with Crippen LogP contribution in [0, 0.1) is 58.2 Å². The SMILES string of the molecule is COC(=O)c1ccc(-c2c3nc(c(-c4c(F)c(F)c(F)c(F)c4F)c4ccc([nH]4)c(-c4ccc(C(=O)OC)c(C(=O)OC)c4)c4nc(c(-c5c(F)c(F)c(F)c(F)c5F)c5ccc2[nH]5)C=C4)C=C3)cc1C(=O)OC. The van der Waals surface area contributed by atoms with Crippen molar-refractivity contribution in [3.63, 3.8) is 0 Å². The van der Waals surface area contributed by atoms with Gasteiger partial charge in [-0.25, -0.2) is 73.1 Å². The molecule has 0 fully saturated rings. The zero-order valence-corrected chi connectivity index (χ0v) is 38.0. The highest BCUT2D eigenvalue weighted by molar-refractivity contribution is 6.07.